The van der Waals surface area contributed by atoms with Crippen LogP contribution in [0.3, 0.4) is 0 Å². The molecule has 0 bridgehead atoms. The van der Waals surface area contributed by atoms with E-state index in [0.29, 0.717) is 30.7 Å². The third-order valence-electron chi connectivity index (χ3n) is 10.5. The molecule has 0 saturated carbocycles. The van der Waals surface area contributed by atoms with E-state index in [9.17, 15) is 14.4 Å². The molecule has 1 amide bonds. The maximum atomic E-state index is 16.5. The van der Waals surface area contributed by atoms with Crippen LogP contribution in [-0.2, 0) is 15.6 Å². The van der Waals surface area contributed by atoms with Gasteiger partial charge < -0.3 is 19.0 Å². The van der Waals surface area contributed by atoms with Crippen LogP contribution in [0, 0.1) is 11.6 Å². The Labute approximate surface area is 323 Å². The summed E-state index contributed by atoms with van der Waals surface area (Å²) in [6.07, 6.45) is 2.10. The van der Waals surface area contributed by atoms with Crippen molar-refractivity contribution in [2.45, 2.75) is 117 Å². The predicted molar refractivity (Wildman–Crippen MR) is 214 cm³/mol. The van der Waals surface area contributed by atoms with Crippen LogP contribution in [-0.4, -0.2) is 82.5 Å². The molecule has 11 nitrogen and oxygen atoms in total. The molecule has 3 aromatic heterocycles. The molecule has 4 aromatic rings. The quantitative estimate of drug-likeness (QED) is 0.122. The Morgan fingerprint density at radius 2 is 1.71 bits per heavy atom. The molecule has 1 saturated heterocycles. The number of pyridine rings is 2. The number of rotatable bonds is 9. The average molecular weight is 777 g/mol. The fourth-order valence-corrected chi connectivity index (χ4v) is 7.66. The van der Waals surface area contributed by atoms with E-state index in [1.165, 1.54) is 22.8 Å². The Balaban J connectivity index is 1.77. The smallest absolute Gasteiger partial charge is 0.410 e. The third-order valence-corrected chi connectivity index (χ3v) is 15.1. The van der Waals surface area contributed by atoms with Crippen molar-refractivity contribution in [1.29, 1.82) is 0 Å². The van der Waals surface area contributed by atoms with Crippen LogP contribution in [0.25, 0.3) is 28.0 Å². The first kappa shape index (κ1) is 41.6. The number of fused-ring (bicyclic) bond motifs is 1. The van der Waals surface area contributed by atoms with E-state index >= 15 is 8.78 Å². The van der Waals surface area contributed by atoms with Gasteiger partial charge in [-0.3, -0.25) is 9.78 Å². The molecular formula is C41H54F2N6O5Si. The number of halogens is 2. The molecule has 0 radical (unpaired) electrons. The molecule has 0 aliphatic carbocycles. The van der Waals surface area contributed by atoms with Gasteiger partial charge in [-0.15, -0.1) is 0 Å². The summed E-state index contributed by atoms with van der Waals surface area (Å²) < 4.78 is 45.5. The van der Waals surface area contributed by atoms with Gasteiger partial charge in [0.2, 0.25) is 0 Å². The van der Waals surface area contributed by atoms with Crippen LogP contribution in [0.4, 0.5) is 19.4 Å². The van der Waals surface area contributed by atoms with Crippen molar-refractivity contribution >= 4 is 37.5 Å². The van der Waals surface area contributed by atoms with Gasteiger partial charge in [0.25, 0.3) is 0 Å². The molecule has 1 aliphatic rings. The minimum atomic E-state index is -2.13. The monoisotopic (exact) mass is 776 g/mol. The molecule has 5 rings (SSSR count). The summed E-state index contributed by atoms with van der Waals surface area (Å²) in [5.74, 6) is -1.74. The van der Waals surface area contributed by atoms with E-state index in [1.54, 1.807) is 31.9 Å². The van der Waals surface area contributed by atoms with Gasteiger partial charge in [-0.25, -0.2) is 27.9 Å². The molecule has 4 heterocycles. The molecular weight excluding hydrogens is 723 g/mol. The topological polar surface area (TPSA) is 120 Å². The van der Waals surface area contributed by atoms with Crippen molar-refractivity contribution in [3.05, 3.63) is 75.5 Å². The standard InChI is InChI=1S/C41H54F2N6O5Si/c1-24(2)33-35(27(16-18-44-33)17-19-53-55(11,12)41(8,9)10)49-37-29(20-31(43)34(45-37)32-28(23-50)14-13-15-30(32)42)36(46-38(49)51)47-21-26(4)48(22-25(47)3)39(52)54-40(5,6)7/h13-16,18,20,23-26H,17,19,21-22H2,1-12H3. The number of benzene rings is 1. The highest BCUT2D eigenvalue weighted by molar-refractivity contribution is 6.74. The lowest BCUT2D eigenvalue weighted by Crippen LogP contribution is -2.59. The highest BCUT2D eigenvalue weighted by atomic mass is 28.4. The molecule has 296 valence electrons. The average Bonchev–Trinajstić information content (AvgIpc) is 3.07. The minimum absolute atomic E-state index is 0.0161. The van der Waals surface area contributed by atoms with Gasteiger partial charge in [0.1, 0.15) is 22.9 Å². The number of nitrogens with zero attached hydrogens (tertiary/aromatic N) is 6. The lowest BCUT2D eigenvalue weighted by atomic mass is 10.0. The fraction of sp³-hybridized carbons (Fsp3) is 0.512. The van der Waals surface area contributed by atoms with Gasteiger partial charge in [-0.2, -0.15) is 4.98 Å². The maximum Gasteiger partial charge on any atom is 0.410 e. The van der Waals surface area contributed by atoms with E-state index in [4.69, 9.17) is 19.1 Å². The number of carbonyl (C=O) groups excluding carboxylic acids is 2. The van der Waals surface area contributed by atoms with Crippen molar-refractivity contribution in [2.75, 3.05) is 24.6 Å². The number of amides is 1. The lowest BCUT2D eigenvalue weighted by molar-refractivity contribution is 0.0130. The van der Waals surface area contributed by atoms with E-state index in [2.05, 4.69) is 38.8 Å². The van der Waals surface area contributed by atoms with E-state index in [0.717, 1.165) is 11.6 Å². The Morgan fingerprint density at radius 1 is 1.02 bits per heavy atom. The summed E-state index contributed by atoms with van der Waals surface area (Å²) >= 11 is 0. The van der Waals surface area contributed by atoms with Gasteiger partial charge in [0.05, 0.1) is 16.8 Å². The number of anilines is 1. The molecule has 1 aliphatic heterocycles. The van der Waals surface area contributed by atoms with Crippen LogP contribution < -0.4 is 10.6 Å². The lowest BCUT2D eigenvalue weighted by Gasteiger charge is -2.44. The van der Waals surface area contributed by atoms with Crippen molar-refractivity contribution in [3.8, 4) is 16.9 Å². The largest absolute Gasteiger partial charge is 0.444 e. The first-order valence-electron chi connectivity index (χ1n) is 18.8. The Bertz CT molecular complexity index is 2160. The van der Waals surface area contributed by atoms with Gasteiger partial charge in [0, 0.05) is 49.1 Å². The van der Waals surface area contributed by atoms with Crippen molar-refractivity contribution in [2.24, 2.45) is 0 Å². The molecule has 0 N–H and O–H groups in total. The minimum Gasteiger partial charge on any atom is -0.444 e. The SMILES string of the molecule is CC(C)c1nccc(CCO[Si](C)(C)C(C)(C)C)c1-n1c(=O)nc(N2CC(C)N(C(=O)OC(C)(C)C)CC2C)c2cc(F)c(-c3c(F)cccc3C=O)nc21. The van der Waals surface area contributed by atoms with Gasteiger partial charge in [-0.05, 0) is 88.9 Å². The first-order valence-corrected chi connectivity index (χ1v) is 21.7. The first-order chi connectivity index (χ1) is 25.6. The summed E-state index contributed by atoms with van der Waals surface area (Å²) in [5.41, 5.74) is -0.446. The molecule has 0 spiro atoms. The van der Waals surface area contributed by atoms with Crippen molar-refractivity contribution in [1.82, 2.24) is 24.4 Å². The Kier molecular flexibility index (Phi) is 11.7. The zero-order chi connectivity index (χ0) is 40.8. The Morgan fingerprint density at radius 3 is 2.33 bits per heavy atom. The summed E-state index contributed by atoms with van der Waals surface area (Å²) in [6, 6.07) is 6.15. The van der Waals surface area contributed by atoms with E-state index in [-0.39, 0.29) is 64.1 Å². The number of aromatic nitrogens is 4. The number of ether oxygens (including phenoxy) is 1. The number of hydrogen-bond acceptors (Lipinski definition) is 9. The van der Waals surface area contributed by atoms with Gasteiger partial charge >= 0.3 is 11.8 Å². The number of hydrogen-bond donors (Lipinski definition) is 0. The van der Waals surface area contributed by atoms with Crippen LogP contribution in [0.1, 0.15) is 96.8 Å². The summed E-state index contributed by atoms with van der Waals surface area (Å²) in [6.45, 7) is 24.8. The Hall–Kier alpha value is -4.56. The molecule has 55 heavy (non-hydrogen) atoms. The van der Waals surface area contributed by atoms with Crippen LogP contribution in [0.15, 0.2) is 41.3 Å². The van der Waals surface area contributed by atoms with Gasteiger partial charge in [0.15, 0.2) is 26.1 Å². The highest BCUT2D eigenvalue weighted by Crippen LogP contribution is 2.38. The van der Waals surface area contributed by atoms with Crippen LogP contribution >= 0.6 is 0 Å². The summed E-state index contributed by atoms with van der Waals surface area (Å²) in [4.78, 5) is 57.4. The summed E-state index contributed by atoms with van der Waals surface area (Å²) in [5, 5.41) is 0.172. The van der Waals surface area contributed by atoms with E-state index < -0.39 is 43.0 Å². The maximum absolute atomic E-state index is 16.5. The summed E-state index contributed by atoms with van der Waals surface area (Å²) in [7, 11) is -2.13. The second-order valence-corrected chi connectivity index (χ2v) is 22.1. The fourth-order valence-electron chi connectivity index (χ4n) is 6.61. The van der Waals surface area contributed by atoms with E-state index in [1.807, 2.05) is 38.7 Å². The predicted octanol–water partition coefficient (Wildman–Crippen LogP) is 8.46. The number of piperazine rings is 1. The second kappa shape index (κ2) is 15.5. The molecule has 2 atom stereocenters. The molecule has 1 fully saturated rings. The third kappa shape index (κ3) is 8.49. The zero-order valence-corrected chi connectivity index (χ0v) is 35.1. The second-order valence-electron chi connectivity index (χ2n) is 17.3. The van der Waals surface area contributed by atoms with Crippen LogP contribution in [0.2, 0.25) is 18.1 Å². The normalized spacial score (nSPS) is 16.9. The van der Waals surface area contributed by atoms with Crippen molar-refractivity contribution in [3.63, 3.8) is 0 Å². The van der Waals surface area contributed by atoms with Crippen molar-refractivity contribution < 1.29 is 27.5 Å². The van der Waals surface area contributed by atoms with Gasteiger partial charge in [-0.1, -0.05) is 46.8 Å². The molecule has 14 heteroatoms. The molecule has 1 aromatic carbocycles. The number of aldehydes is 1. The zero-order valence-electron chi connectivity index (χ0n) is 34.1. The van der Waals surface area contributed by atoms with Crippen LogP contribution in [0.5, 0.6) is 0 Å². The highest BCUT2D eigenvalue weighted by Gasteiger charge is 2.38. The number of carbonyl (C=O) groups is 2. The molecule has 2 unspecified atom stereocenters.